The Morgan fingerprint density at radius 3 is 2.88 bits per heavy atom. The first kappa shape index (κ1) is 12.3. The normalized spacial score (nSPS) is 35.2. The molecule has 0 aromatic rings. The number of rotatable bonds is 5. The van der Waals surface area contributed by atoms with E-state index in [1.165, 1.54) is 0 Å². The number of carboxylic acids is 1. The summed E-state index contributed by atoms with van der Waals surface area (Å²) in [4.78, 5) is 21.5. The molecular formula is C10H16N2O4S. The first-order chi connectivity index (χ1) is 8.08. The van der Waals surface area contributed by atoms with Crippen LogP contribution in [0, 0.1) is 0 Å². The molecule has 0 saturated carbocycles. The van der Waals surface area contributed by atoms with E-state index in [0.717, 1.165) is 6.42 Å². The highest BCUT2D eigenvalue weighted by Gasteiger charge is 2.46. The van der Waals surface area contributed by atoms with Crippen molar-refractivity contribution in [3.8, 4) is 0 Å². The van der Waals surface area contributed by atoms with Gasteiger partial charge in [-0.25, -0.2) is 4.79 Å². The lowest BCUT2D eigenvalue weighted by molar-refractivity contribution is -0.137. The van der Waals surface area contributed by atoms with Crippen molar-refractivity contribution < 1.29 is 18.9 Å². The highest BCUT2D eigenvalue weighted by atomic mass is 32.2. The Balaban J connectivity index is 1.81. The van der Waals surface area contributed by atoms with Crippen molar-refractivity contribution in [2.75, 3.05) is 5.75 Å². The number of urea groups is 1. The third-order valence-corrected chi connectivity index (χ3v) is 5.15. The van der Waals surface area contributed by atoms with Crippen molar-refractivity contribution in [1.82, 2.24) is 10.6 Å². The van der Waals surface area contributed by atoms with Gasteiger partial charge in [-0.1, -0.05) is 6.42 Å². The number of fused-ring (bicyclic) bond motifs is 1. The molecule has 4 atom stereocenters. The molecule has 2 aliphatic heterocycles. The number of aliphatic carboxylic acids is 1. The van der Waals surface area contributed by atoms with Gasteiger partial charge < -0.3 is 15.7 Å². The highest BCUT2D eigenvalue weighted by molar-refractivity contribution is 7.86. The van der Waals surface area contributed by atoms with Crippen LogP contribution in [0.1, 0.15) is 25.7 Å². The van der Waals surface area contributed by atoms with Crippen molar-refractivity contribution in [3.05, 3.63) is 0 Å². The van der Waals surface area contributed by atoms with E-state index < -0.39 is 16.8 Å². The largest absolute Gasteiger partial charge is 0.481 e. The van der Waals surface area contributed by atoms with Gasteiger partial charge in [0.25, 0.3) is 0 Å². The fraction of sp³-hybridized carbons (Fsp3) is 0.800. The van der Waals surface area contributed by atoms with E-state index in [1.54, 1.807) is 0 Å². The second-order valence-corrected chi connectivity index (χ2v) is 6.18. The van der Waals surface area contributed by atoms with E-state index in [1.807, 2.05) is 0 Å². The van der Waals surface area contributed by atoms with Gasteiger partial charge in [-0.3, -0.25) is 9.00 Å². The molecule has 0 radical (unpaired) electrons. The lowest BCUT2D eigenvalue weighted by atomic mass is 10.0. The van der Waals surface area contributed by atoms with Crippen LogP contribution in [0.5, 0.6) is 0 Å². The molecule has 96 valence electrons. The Hall–Kier alpha value is -1.11. The predicted octanol–water partition coefficient (Wildman–Crippen LogP) is -0.188. The summed E-state index contributed by atoms with van der Waals surface area (Å²) >= 11 is 0. The number of carbonyl (C=O) groups excluding carboxylic acids is 1. The van der Waals surface area contributed by atoms with E-state index in [9.17, 15) is 13.8 Å². The van der Waals surface area contributed by atoms with E-state index in [0.29, 0.717) is 18.6 Å². The van der Waals surface area contributed by atoms with E-state index in [2.05, 4.69) is 10.6 Å². The van der Waals surface area contributed by atoms with Crippen molar-refractivity contribution in [3.63, 3.8) is 0 Å². The fourth-order valence-corrected chi connectivity index (χ4v) is 4.35. The van der Waals surface area contributed by atoms with Crippen LogP contribution >= 0.6 is 0 Å². The lowest BCUT2D eigenvalue weighted by Gasteiger charge is -2.15. The lowest BCUT2D eigenvalue weighted by Crippen LogP contribution is -2.38. The number of amides is 2. The van der Waals surface area contributed by atoms with E-state index in [4.69, 9.17) is 5.11 Å². The maximum absolute atomic E-state index is 11.8. The molecule has 6 nitrogen and oxygen atoms in total. The van der Waals surface area contributed by atoms with Gasteiger partial charge in [-0.05, 0) is 12.8 Å². The van der Waals surface area contributed by atoms with E-state index >= 15 is 0 Å². The zero-order chi connectivity index (χ0) is 12.4. The minimum absolute atomic E-state index is 0.0205. The maximum Gasteiger partial charge on any atom is 0.315 e. The van der Waals surface area contributed by atoms with Crippen LogP contribution in [0.3, 0.4) is 0 Å². The van der Waals surface area contributed by atoms with Crippen molar-refractivity contribution in [2.24, 2.45) is 0 Å². The minimum atomic E-state index is -0.923. The molecule has 2 amide bonds. The Kier molecular flexibility index (Phi) is 3.66. The average molecular weight is 260 g/mol. The predicted molar refractivity (Wildman–Crippen MR) is 62.1 cm³/mol. The molecule has 0 aliphatic carbocycles. The summed E-state index contributed by atoms with van der Waals surface area (Å²) in [5, 5.41) is 14.0. The quantitative estimate of drug-likeness (QED) is 0.471. The molecule has 17 heavy (non-hydrogen) atoms. The number of hydrogen-bond donors (Lipinski definition) is 3. The van der Waals surface area contributed by atoms with Crippen LogP contribution in [0.15, 0.2) is 0 Å². The molecule has 2 saturated heterocycles. The van der Waals surface area contributed by atoms with Crippen molar-refractivity contribution in [1.29, 1.82) is 0 Å². The van der Waals surface area contributed by atoms with Crippen LogP contribution in [0.2, 0.25) is 0 Å². The van der Waals surface area contributed by atoms with Gasteiger partial charge in [0.1, 0.15) is 0 Å². The third kappa shape index (κ3) is 2.77. The topological polar surface area (TPSA) is 95.5 Å². The maximum atomic E-state index is 11.8. The zero-order valence-electron chi connectivity index (χ0n) is 9.35. The summed E-state index contributed by atoms with van der Waals surface area (Å²) in [6.07, 6.45) is 2.20. The molecule has 0 spiro atoms. The molecule has 2 heterocycles. The summed E-state index contributed by atoms with van der Waals surface area (Å²) in [7, 11) is -0.923. The number of unbranched alkanes of at least 4 members (excludes halogenated alkanes) is 1. The van der Waals surface area contributed by atoms with Gasteiger partial charge in [-0.2, -0.15) is 0 Å². The van der Waals surface area contributed by atoms with Crippen LogP contribution < -0.4 is 10.6 Å². The summed E-state index contributed by atoms with van der Waals surface area (Å²) in [5.41, 5.74) is 0. The minimum Gasteiger partial charge on any atom is -0.481 e. The van der Waals surface area contributed by atoms with Crippen LogP contribution in [-0.4, -0.2) is 44.4 Å². The smallest absolute Gasteiger partial charge is 0.315 e. The first-order valence-corrected chi connectivity index (χ1v) is 7.12. The van der Waals surface area contributed by atoms with Crippen molar-refractivity contribution in [2.45, 2.75) is 43.0 Å². The number of carbonyl (C=O) groups is 2. The first-order valence-electron chi connectivity index (χ1n) is 5.74. The molecule has 7 heteroatoms. The zero-order valence-corrected chi connectivity index (χ0v) is 10.2. The Morgan fingerprint density at radius 1 is 1.41 bits per heavy atom. The van der Waals surface area contributed by atoms with Crippen LogP contribution in [0.4, 0.5) is 4.79 Å². The molecule has 2 aliphatic rings. The molecule has 0 aromatic heterocycles. The summed E-state index contributed by atoms with van der Waals surface area (Å²) in [6.45, 7) is 0. The second kappa shape index (κ2) is 5.03. The molecular weight excluding hydrogens is 244 g/mol. The average Bonchev–Trinajstić information content (AvgIpc) is 2.69. The molecule has 3 N–H and O–H groups in total. The third-order valence-electron chi connectivity index (χ3n) is 3.26. The molecule has 0 bridgehead atoms. The number of nitrogens with one attached hydrogen (secondary N) is 2. The number of hydrogen-bond acceptors (Lipinski definition) is 3. The van der Waals surface area contributed by atoms with Gasteiger partial charge >= 0.3 is 12.0 Å². The van der Waals surface area contributed by atoms with Crippen LogP contribution in [-0.2, 0) is 15.6 Å². The Labute approximate surface area is 102 Å². The van der Waals surface area contributed by atoms with Gasteiger partial charge in [0, 0.05) is 23.0 Å². The van der Waals surface area contributed by atoms with Crippen molar-refractivity contribution >= 4 is 22.8 Å². The van der Waals surface area contributed by atoms with Gasteiger partial charge in [0.2, 0.25) is 0 Å². The molecule has 0 aromatic carbocycles. The Bertz CT molecular complexity index is 360. The standard InChI is InChI=1S/C10H16N2O4S/c13-8(14)4-2-1-3-7-9-6(5-17(7)16)11-10(15)12-9/h6-7,9H,1-5H2,(H,13,14)(H2,11,12,15)/t6?,7-,9?,17?/m0/s1. The summed E-state index contributed by atoms with van der Waals surface area (Å²) in [5.74, 6) is -0.293. The molecule has 3 unspecified atom stereocenters. The fourth-order valence-electron chi connectivity index (χ4n) is 2.45. The van der Waals surface area contributed by atoms with E-state index in [-0.39, 0.29) is 29.8 Å². The summed E-state index contributed by atoms with van der Waals surface area (Å²) < 4.78 is 11.8. The summed E-state index contributed by atoms with van der Waals surface area (Å²) in [6, 6.07) is -0.256. The monoisotopic (exact) mass is 260 g/mol. The van der Waals surface area contributed by atoms with Gasteiger partial charge in [-0.15, -0.1) is 0 Å². The SMILES string of the molecule is O=C(O)CCCC[C@H]1C2NC(=O)NC2CS1=O. The van der Waals surface area contributed by atoms with Crippen LogP contribution in [0.25, 0.3) is 0 Å². The number of carboxylic acid groups (broad SMARTS) is 1. The Morgan fingerprint density at radius 2 is 2.18 bits per heavy atom. The van der Waals surface area contributed by atoms with Gasteiger partial charge in [0.15, 0.2) is 0 Å². The van der Waals surface area contributed by atoms with Gasteiger partial charge in [0.05, 0.1) is 17.3 Å². The molecule has 2 fully saturated rings. The second-order valence-electron chi connectivity index (χ2n) is 4.48. The highest BCUT2D eigenvalue weighted by Crippen LogP contribution is 2.25. The molecule has 2 rings (SSSR count).